The molecular weight excluding hydrogens is 367 g/mol. The van der Waals surface area contributed by atoms with Crippen LogP contribution in [0.15, 0.2) is 17.5 Å². The summed E-state index contributed by atoms with van der Waals surface area (Å²) in [6, 6.07) is 3.57. The fraction of sp³-hybridized carbons (Fsp3) is 0.333. The van der Waals surface area contributed by atoms with Gasteiger partial charge in [0.1, 0.15) is 4.83 Å². The molecular formula is C18H14F3NOS2. The van der Waals surface area contributed by atoms with E-state index < -0.39 is 12.0 Å². The third-order valence-corrected chi connectivity index (χ3v) is 6.61. The summed E-state index contributed by atoms with van der Waals surface area (Å²) in [5.41, 5.74) is 1.35. The summed E-state index contributed by atoms with van der Waals surface area (Å²) in [6.07, 6.45) is -1.05. The Labute approximate surface area is 150 Å². The SMILES string of the molecule is Cc1nc2sc3c(c2c(-c2cccs2)c1C(=O)C(F)(F)F)CCCC3. The van der Waals surface area contributed by atoms with Crippen LogP contribution < -0.4 is 0 Å². The number of halogens is 3. The highest BCUT2D eigenvalue weighted by molar-refractivity contribution is 7.19. The van der Waals surface area contributed by atoms with Crippen LogP contribution in [-0.4, -0.2) is 16.9 Å². The summed E-state index contributed by atoms with van der Waals surface area (Å²) in [5, 5.41) is 2.57. The summed E-state index contributed by atoms with van der Waals surface area (Å²) in [6.45, 7) is 1.49. The molecule has 0 saturated heterocycles. The Hall–Kier alpha value is -1.73. The Kier molecular flexibility index (Phi) is 3.96. The first-order valence-corrected chi connectivity index (χ1v) is 9.67. The average Bonchev–Trinajstić information content (AvgIpc) is 3.19. The molecule has 0 bridgehead atoms. The zero-order valence-electron chi connectivity index (χ0n) is 13.4. The predicted octanol–water partition coefficient (Wildman–Crippen LogP) is 5.96. The van der Waals surface area contributed by atoms with E-state index in [0.29, 0.717) is 10.4 Å². The van der Waals surface area contributed by atoms with Crippen molar-refractivity contribution >= 4 is 38.7 Å². The van der Waals surface area contributed by atoms with E-state index >= 15 is 0 Å². The maximum atomic E-state index is 13.2. The summed E-state index contributed by atoms with van der Waals surface area (Å²) < 4.78 is 39.7. The van der Waals surface area contributed by atoms with Crippen LogP contribution in [0, 0.1) is 6.92 Å². The monoisotopic (exact) mass is 381 g/mol. The lowest BCUT2D eigenvalue weighted by Crippen LogP contribution is -2.25. The molecule has 0 amide bonds. The molecule has 3 aromatic rings. The number of fused-ring (bicyclic) bond motifs is 3. The second-order valence-corrected chi connectivity index (χ2v) is 8.17. The van der Waals surface area contributed by atoms with Gasteiger partial charge in [-0.1, -0.05) is 6.07 Å². The van der Waals surface area contributed by atoms with E-state index in [0.717, 1.165) is 41.5 Å². The molecule has 0 N–H and O–H groups in total. The molecule has 0 atom stereocenters. The number of thiophene rings is 2. The van der Waals surface area contributed by atoms with E-state index in [9.17, 15) is 18.0 Å². The van der Waals surface area contributed by atoms with E-state index in [-0.39, 0.29) is 11.3 Å². The number of aromatic nitrogens is 1. The minimum atomic E-state index is -4.91. The van der Waals surface area contributed by atoms with E-state index in [2.05, 4.69) is 4.98 Å². The fourth-order valence-electron chi connectivity index (χ4n) is 3.49. The van der Waals surface area contributed by atoms with Gasteiger partial charge in [-0.3, -0.25) is 4.79 Å². The number of rotatable bonds is 2. The molecule has 25 heavy (non-hydrogen) atoms. The van der Waals surface area contributed by atoms with Crippen LogP contribution in [0.3, 0.4) is 0 Å². The average molecular weight is 381 g/mol. The highest BCUT2D eigenvalue weighted by atomic mass is 32.1. The topological polar surface area (TPSA) is 30.0 Å². The largest absolute Gasteiger partial charge is 0.454 e. The van der Waals surface area contributed by atoms with Crippen LogP contribution in [0.2, 0.25) is 0 Å². The maximum Gasteiger partial charge on any atom is 0.454 e. The highest BCUT2D eigenvalue weighted by Crippen LogP contribution is 2.45. The minimum Gasteiger partial charge on any atom is -0.284 e. The molecule has 1 aliphatic carbocycles. The molecule has 3 aromatic heterocycles. The van der Waals surface area contributed by atoms with Gasteiger partial charge in [0.05, 0.1) is 11.3 Å². The third kappa shape index (κ3) is 2.69. The van der Waals surface area contributed by atoms with Gasteiger partial charge in [0.25, 0.3) is 5.78 Å². The van der Waals surface area contributed by atoms with E-state index in [1.807, 2.05) is 5.38 Å². The molecule has 0 unspecified atom stereocenters. The number of ketones is 1. The number of Topliss-reactive ketones (excluding diaryl/α,β-unsaturated/α-hetero) is 1. The van der Waals surface area contributed by atoms with Gasteiger partial charge in [0, 0.05) is 20.7 Å². The number of carbonyl (C=O) groups excluding carboxylic acids is 1. The quantitative estimate of drug-likeness (QED) is 0.513. The van der Waals surface area contributed by atoms with Crippen LogP contribution in [0.25, 0.3) is 20.7 Å². The summed E-state index contributed by atoms with van der Waals surface area (Å²) in [7, 11) is 0. The lowest BCUT2D eigenvalue weighted by atomic mass is 9.91. The Balaban J connectivity index is 2.13. The van der Waals surface area contributed by atoms with Crippen LogP contribution >= 0.6 is 22.7 Å². The van der Waals surface area contributed by atoms with Crippen molar-refractivity contribution in [2.24, 2.45) is 0 Å². The maximum absolute atomic E-state index is 13.2. The zero-order chi connectivity index (χ0) is 17.8. The lowest BCUT2D eigenvalue weighted by Gasteiger charge is -2.16. The van der Waals surface area contributed by atoms with Gasteiger partial charge < -0.3 is 0 Å². The normalized spacial score (nSPS) is 14.7. The van der Waals surface area contributed by atoms with Crippen molar-refractivity contribution < 1.29 is 18.0 Å². The molecule has 0 radical (unpaired) electrons. The molecule has 3 heterocycles. The van der Waals surface area contributed by atoms with Crippen LogP contribution in [0.4, 0.5) is 13.2 Å². The number of pyridine rings is 1. The van der Waals surface area contributed by atoms with Gasteiger partial charge in [-0.2, -0.15) is 13.2 Å². The first kappa shape index (κ1) is 16.7. The summed E-state index contributed by atoms with van der Waals surface area (Å²) in [4.78, 5) is 19.2. The van der Waals surface area contributed by atoms with Crippen molar-refractivity contribution in [3.8, 4) is 10.4 Å². The Morgan fingerprint density at radius 2 is 2.00 bits per heavy atom. The van der Waals surface area contributed by atoms with Crippen LogP contribution in [0.1, 0.15) is 39.3 Å². The van der Waals surface area contributed by atoms with Gasteiger partial charge in [-0.15, -0.1) is 22.7 Å². The molecule has 4 rings (SSSR count). The number of alkyl halides is 3. The standard InChI is InChI=1S/C18H14F3NOS2/c1-9-13(16(23)18(19,20)21)15(12-7-4-8-24-12)14-10-5-2-3-6-11(10)25-17(14)22-9/h4,7-8H,2-3,5-6H2,1H3. The Bertz CT molecular complexity index is 971. The van der Waals surface area contributed by atoms with E-state index in [4.69, 9.17) is 0 Å². The zero-order valence-corrected chi connectivity index (χ0v) is 15.0. The van der Waals surface area contributed by atoms with Gasteiger partial charge in [0.2, 0.25) is 0 Å². The van der Waals surface area contributed by atoms with Gasteiger partial charge in [-0.25, -0.2) is 4.98 Å². The molecule has 7 heteroatoms. The molecule has 0 fully saturated rings. The van der Waals surface area contributed by atoms with E-state index in [1.54, 1.807) is 23.5 Å². The minimum absolute atomic E-state index is 0.150. The molecule has 0 spiro atoms. The molecule has 1 aliphatic rings. The lowest BCUT2D eigenvalue weighted by molar-refractivity contribution is -0.0885. The van der Waals surface area contributed by atoms with E-state index in [1.165, 1.54) is 23.1 Å². The predicted molar refractivity (Wildman–Crippen MR) is 94.7 cm³/mol. The Morgan fingerprint density at radius 3 is 2.68 bits per heavy atom. The van der Waals surface area contributed by atoms with Crippen molar-refractivity contribution in [1.29, 1.82) is 0 Å². The van der Waals surface area contributed by atoms with Gasteiger partial charge >= 0.3 is 6.18 Å². The highest BCUT2D eigenvalue weighted by Gasteiger charge is 2.42. The molecule has 2 nitrogen and oxygen atoms in total. The fourth-order valence-corrected chi connectivity index (χ4v) is 5.59. The van der Waals surface area contributed by atoms with Crippen molar-refractivity contribution in [1.82, 2.24) is 4.98 Å². The summed E-state index contributed by atoms with van der Waals surface area (Å²) >= 11 is 2.91. The molecule has 130 valence electrons. The molecule has 0 saturated carbocycles. The first-order valence-electron chi connectivity index (χ1n) is 7.98. The van der Waals surface area contributed by atoms with Gasteiger partial charge in [0.15, 0.2) is 0 Å². The number of aryl methyl sites for hydroxylation is 3. The smallest absolute Gasteiger partial charge is 0.284 e. The number of hydrogen-bond donors (Lipinski definition) is 0. The third-order valence-electron chi connectivity index (χ3n) is 4.54. The van der Waals surface area contributed by atoms with Crippen molar-refractivity contribution in [2.75, 3.05) is 0 Å². The number of hydrogen-bond acceptors (Lipinski definition) is 4. The van der Waals surface area contributed by atoms with Crippen molar-refractivity contribution in [3.05, 3.63) is 39.2 Å². The summed E-state index contributed by atoms with van der Waals surface area (Å²) in [5.74, 6) is -1.81. The number of nitrogens with zero attached hydrogens (tertiary/aromatic N) is 1. The molecule has 0 aliphatic heterocycles. The van der Waals surface area contributed by atoms with Crippen LogP contribution in [-0.2, 0) is 12.8 Å². The second-order valence-electron chi connectivity index (χ2n) is 6.14. The van der Waals surface area contributed by atoms with Crippen molar-refractivity contribution in [3.63, 3.8) is 0 Å². The van der Waals surface area contributed by atoms with Gasteiger partial charge in [-0.05, 0) is 49.6 Å². The Morgan fingerprint density at radius 1 is 1.24 bits per heavy atom. The number of carbonyl (C=O) groups is 1. The first-order chi connectivity index (χ1) is 11.9. The van der Waals surface area contributed by atoms with Crippen molar-refractivity contribution in [2.45, 2.75) is 38.8 Å². The van der Waals surface area contributed by atoms with Crippen LogP contribution in [0.5, 0.6) is 0 Å². The molecule has 0 aromatic carbocycles. The second kappa shape index (κ2) is 5.92.